The van der Waals surface area contributed by atoms with Crippen LogP contribution in [0, 0.1) is 12.8 Å². The number of pyridine rings is 1. The Bertz CT molecular complexity index is 1060. The Hall–Kier alpha value is -2.34. The largest absolute Gasteiger partial charge is 0.265 e. The Labute approximate surface area is 143 Å². The zero-order valence-corrected chi connectivity index (χ0v) is 14.5. The van der Waals surface area contributed by atoms with Gasteiger partial charge >= 0.3 is 0 Å². The number of aromatic nitrogens is 5. The number of hydrogen-bond donors (Lipinski definition) is 0. The summed E-state index contributed by atoms with van der Waals surface area (Å²) in [5.41, 5.74) is 3.37. The standard InChI is InChI=1S/C18H17N5S/c1-10-3-4-14-13(9-10)15-17-21-16(12-5-7-19-8-6-12)22-23(17)11(2)20-18(15)24-14/h5-8,10H,3-4,9H2,1-2H3/t10-/m0/s1. The summed E-state index contributed by atoms with van der Waals surface area (Å²) in [4.78, 5) is 16.3. The molecule has 4 aromatic heterocycles. The minimum absolute atomic E-state index is 0.722. The maximum Gasteiger partial charge on any atom is 0.182 e. The van der Waals surface area contributed by atoms with Gasteiger partial charge < -0.3 is 0 Å². The van der Waals surface area contributed by atoms with Crippen LogP contribution in [0.25, 0.3) is 27.3 Å². The normalized spacial score (nSPS) is 17.5. The Morgan fingerprint density at radius 2 is 2.04 bits per heavy atom. The summed E-state index contributed by atoms with van der Waals surface area (Å²) < 4.78 is 1.89. The average Bonchev–Trinajstić information content (AvgIpc) is 3.17. The molecule has 0 aliphatic heterocycles. The van der Waals surface area contributed by atoms with E-state index < -0.39 is 0 Å². The number of rotatable bonds is 1. The van der Waals surface area contributed by atoms with Crippen LogP contribution in [0.1, 0.15) is 29.6 Å². The van der Waals surface area contributed by atoms with E-state index >= 15 is 0 Å². The summed E-state index contributed by atoms with van der Waals surface area (Å²) >= 11 is 1.83. The van der Waals surface area contributed by atoms with Gasteiger partial charge in [0.15, 0.2) is 11.5 Å². The molecule has 0 amide bonds. The monoisotopic (exact) mass is 335 g/mol. The van der Waals surface area contributed by atoms with Crippen LogP contribution in [0.2, 0.25) is 0 Å². The summed E-state index contributed by atoms with van der Waals surface area (Å²) in [5.74, 6) is 2.34. The maximum atomic E-state index is 4.87. The molecule has 1 atom stereocenters. The lowest BCUT2D eigenvalue weighted by atomic mass is 9.89. The van der Waals surface area contributed by atoms with Crippen LogP contribution in [0.15, 0.2) is 24.5 Å². The first-order valence-corrected chi connectivity index (χ1v) is 9.10. The van der Waals surface area contributed by atoms with E-state index in [1.807, 2.05) is 34.9 Å². The molecule has 0 fully saturated rings. The van der Waals surface area contributed by atoms with E-state index in [4.69, 9.17) is 15.1 Å². The third-order valence-corrected chi connectivity index (χ3v) is 6.01. The SMILES string of the molecule is Cc1nc2sc3c(c2c2nc(-c4ccncc4)nn12)C[C@@H](C)CC3. The Kier molecular flexibility index (Phi) is 2.97. The minimum Gasteiger partial charge on any atom is -0.265 e. The van der Waals surface area contributed by atoms with Crippen LogP contribution < -0.4 is 0 Å². The molecule has 0 radical (unpaired) electrons. The first-order valence-electron chi connectivity index (χ1n) is 8.28. The molecule has 0 bridgehead atoms. The zero-order chi connectivity index (χ0) is 16.3. The molecule has 0 spiro atoms. The van der Waals surface area contributed by atoms with Crippen LogP contribution in [0.3, 0.4) is 0 Å². The van der Waals surface area contributed by atoms with Crippen molar-refractivity contribution in [1.29, 1.82) is 0 Å². The van der Waals surface area contributed by atoms with E-state index in [0.717, 1.165) is 46.4 Å². The topological polar surface area (TPSA) is 56.0 Å². The van der Waals surface area contributed by atoms with E-state index in [9.17, 15) is 0 Å². The van der Waals surface area contributed by atoms with Crippen molar-refractivity contribution in [3.05, 3.63) is 40.8 Å². The lowest BCUT2D eigenvalue weighted by Crippen LogP contribution is -2.09. The van der Waals surface area contributed by atoms with Crippen molar-refractivity contribution in [3.8, 4) is 11.4 Å². The van der Waals surface area contributed by atoms with Gasteiger partial charge in [0.1, 0.15) is 10.7 Å². The first-order chi connectivity index (χ1) is 11.7. The van der Waals surface area contributed by atoms with Gasteiger partial charge in [0.05, 0.1) is 5.39 Å². The van der Waals surface area contributed by atoms with Crippen LogP contribution >= 0.6 is 11.3 Å². The molecular weight excluding hydrogens is 318 g/mol. The fraction of sp³-hybridized carbons (Fsp3) is 0.333. The summed E-state index contributed by atoms with van der Waals surface area (Å²) in [6, 6.07) is 3.89. The molecule has 0 saturated heterocycles. The second-order valence-corrected chi connectivity index (χ2v) is 7.68. The molecule has 6 heteroatoms. The van der Waals surface area contributed by atoms with Gasteiger partial charge in [-0.3, -0.25) is 4.98 Å². The van der Waals surface area contributed by atoms with Crippen LogP contribution in [0.4, 0.5) is 0 Å². The summed E-state index contributed by atoms with van der Waals surface area (Å²) in [6.07, 6.45) is 7.09. The van der Waals surface area contributed by atoms with Crippen molar-refractivity contribution < 1.29 is 0 Å². The van der Waals surface area contributed by atoms with E-state index in [-0.39, 0.29) is 0 Å². The van der Waals surface area contributed by atoms with Crippen molar-refractivity contribution in [3.63, 3.8) is 0 Å². The molecule has 0 aromatic carbocycles. The van der Waals surface area contributed by atoms with Gasteiger partial charge in [0, 0.05) is 22.8 Å². The fourth-order valence-corrected chi connectivity index (χ4v) is 4.83. The summed E-state index contributed by atoms with van der Waals surface area (Å²) in [5, 5.41) is 5.91. The van der Waals surface area contributed by atoms with Crippen LogP contribution in [-0.2, 0) is 12.8 Å². The number of thiophene rings is 1. The summed E-state index contributed by atoms with van der Waals surface area (Å²) in [6.45, 7) is 4.33. The van der Waals surface area contributed by atoms with Crippen molar-refractivity contribution in [2.75, 3.05) is 0 Å². The van der Waals surface area contributed by atoms with Crippen molar-refractivity contribution >= 4 is 27.2 Å². The highest BCUT2D eigenvalue weighted by Gasteiger charge is 2.24. The smallest absolute Gasteiger partial charge is 0.182 e. The van der Waals surface area contributed by atoms with Crippen molar-refractivity contribution in [2.24, 2.45) is 5.92 Å². The third-order valence-electron chi connectivity index (χ3n) is 4.83. The number of aryl methyl sites for hydroxylation is 2. The summed E-state index contributed by atoms with van der Waals surface area (Å²) in [7, 11) is 0. The van der Waals surface area contributed by atoms with E-state index in [0.29, 0.717) is 0 Å². The molecule has 5 nitrogen and oxygen atoms in total. The molecule has 5 rings (SSSR count). The van der Waals surface area contributed by atoms with Crippen molar-refractivity contribution in [1.82, 2.24) is 24.6 Å². The molecule has 0 unspecified atom stereocenters. The van der Waals surface area contributed by atoms with E-state index in [2.05, 4.69) is 11.9 Å². The lowest BCUT2D eigenvalue weighted by Gasteiger charge is -2.17. The first kappa shape index (κ1) is 14.0. The van der Waals surface area contributed by atoms with Crippen LogP contribution in [-0.4, -0.2) is 24.6 Å². The van der Waals surface area contributed by atoms with Gasteiger partial charge in [0.25, 0.3) is 0 Å². The number of fused-ring (bicyclic) bond motifs is 5. The number of hydrogen-bond acceptors (Lipinski definition) is 5. The van der Waals surface area contributed by atoms with E-state index in [1.54, 1.807) is 12.4 Å². The lowest BCUT2D eigenvalue weighted by molar-refractivity contribution is 0.508. The number of nitrogens with zero attached hydrogens (tertiary/aromatic N) is 5. The zero-order valence-electron chi connectivity index (χ0n) is 13.7. The van der Waals surface area contributed by atoms with Gasteiger partial charge in [0.2, 0.25) is 0 Å². The van der Waals surface area contributed by atoms with Gasteiger partial charge in [-0.25, -0.2) is 9.97 Å². The van der Waals surface area contributed by atoms with Gasteiger partial charge in [-0.05, 0) is 49.8 Å². The highest BCUT2D eigenvalue weighted by Crippen LogP contribution is 2.39. The van der Waals surface area contributed by atoms with E-state index in [1.165, 1.54) is 22.2 Å². The maximum absolute atomic E-state index is 4.87. The Balaban J connectivity index is 1.83. The molecule has 24 heavy (non-hydrogen) atoms. The molecular formula is C18H17N5S. The Morgan fingerprint density at radius 3 is 2.88 bits per heavy atom. The molecule has 120 valence electrons. The molecule has 4 aromatic rings. The molecule has 0 saturated carbocycles. The van der Waals surface area contributed by atoms with Crippen LogP contribution in [0.5, 0.6) is 0 Å². The van der Waals surface area contributed by atoms with Crippen molar-refractivity contribution in [2.45, 2.75) is 33.1 Å². The van der Waals surface area contributed by atoms with Gasteiger partial charge in [-0.1, -0.05) is 6.92 Å². The highest BCUT2D eigenvalue weighted by atomic mass is 32.1. The second-order valence-electron chi connectivity index (χ2n) is 6.60. The predicted octanol–water partition coefficient (Wildman–Crippen LogP) is 3.83. The fourth-order valence-electron chi connectivity index (χ4n) is 3.57. The molecule has 0 N–H and O–H groups in total. The van der Waals surface area contributed by atoms with Gasteiger partial charge in [-0.15, -0.1) is 16.4 Å². The highest BCUT2D eigenvalue weighted by molar-refractivity contribution is 7.19. The average molecular weight is 335 g/mol. The molecule has 1 aliphatic rings. The minimum atomic E-state index is 0.722. The third kappa shape index (κ3) is 1.99. The Morgan fingerprint density at radius 1 is 1.21 bits per heavy atom. The molecule has 1 aliphatic carbocycles. The van der Waals surface area contributed by atoms with Gasteiger partial charge in [-0.2, -0.15) is 4.52 Å². The second kappa shape index (κ2) is 5.08. The predicted molar refractivity (Wildman–Crippen MR) is 95.3 cm³/mol. The molecule has 4 heterocycles. The quantitative estimate of drug-likeness (QED) is 0.530.